The normalized spacial score (nSPS) is 17.8. The highest BCUT2D eigenvalue weighted by molar-refractivity contribution is 14.0. The predicted octanol–water partition coefficient (Wildman–Crippen LogP) is 4.05. The Morgan fingerprint density at radius 1 is 1.28 bits per heavy atom. The second-order valence-electron chi connectivity index (χ2n) is 7.91. The van der Waals surface area contributed by atoms with Crippen molar-refractivity contribution < 1.29 is 4.42 Å². The topological polar surface area (TPSA) is 65.7 Å². The highest BCUT2D eigenvalue weighted by Gasteiger charge is 2.21. The van der Waals surface area contributed by atoms with E-state index in [1.807, 2.05) is 12.1 Å². The van der Waals surface area contributed by atoms with Gasteiger partial charge in [0.05, 0.1) is 12.2 Å². The second kappa shape index (κ2) is 11.5. The average molecular weight is 511 g/mol. The molecule has 160 valence electrons. The Balaban J connectivity index is 0.00000300. The fourth-order valence-electron chi connectivity index (χ4n) is 3.59. The molecule has 29 heavy (non-hydrogen) atoms. The molecule has 2 aromatic rings. The number of hydrogen-bond acceptors (Lipinski definition) is 4. The van der Waals surface area contributed by atoms with Gasteiger partial charge in [-0.15, -0.1) is 24.0 Å². The zero-order valence-electron chi connectivity index (χ0n) is 17.9. The first kappa shape index (κ1) is 23.7. The molecule has 1 saturated heterocycles. The summed E-state index contributed by atoms with van der Waals surface area (Å²) in [5.41, 5.74) is 3.08. The molecule has 3 rings (SSSR count). The van der Waals surface area contributed by atoms with Crippen molar-refractivity contribution in [2.75, 3.05) is 26.7 Å². The van der Waals surface area contributed by atoms with Gasteiger partial charge in [0.1, 0.15) is 6.26 Å². The Bertz CT molecular complexity index is 772. The highest BCUT2D eigenvalue weighted by Crippen LogP contribution is 2.19. The molecule has 0 saturated carbocycles. The van der Waals surface area contributed by atoms with Crippen LogP contribution in [0.25, 0.3) is 11.5 Å². The third-order valence-corrected chi connectivity index (χ3v) is 5.35. The lowest BCUT2D eigenvalue weighted by molar-refractivity contribution is 0.141. The lowest BCUT2D eigenvalue weighted by Gasteiger charge is -2.35. The lowest BCUT2D eigenvalue weighted by Crippen LogP contribution is -2.46. The van der Waals surface area contributed by atoms with Gasteiger partial charge >= 0.3 is 0 Å². The molecule has 1 aliphatic heterocycles. The van der Waals surface area contributed by atoms with Gasteiger partial charge in [0.15, 0.2) is 5.96 Å². The number of aryl methyl sites for hydroxylation is 1. The maximum atomic E-state index is 5.63. The van der Waals surface area contributed by atoms with Crippen LogP contribution in [0.15, 0.2) is 39.9 Å². The van der Waals surface area contributed by atoms with Crippen molar-refractivity contribution in [3.8, 4) is 11.5 Å². The molecular weight excluding hydrogens is 477 g/mol. The zero-order chi connectivity index (χ0) is 19.9. The average Bonchev–Trinajstić information content (AvgIpc) is 3.18. The molecule has 0 amide bonds. The van der Waals surface area contributed by atoms with Crippen LogP contribution in [0, 0.1) is 12.8 Å². The van der Waals surface area contributed by atoms with Crippen molar-refractivity contribution in [1.29, 1.82) is 0 Å². The molecule has 0 aliphatic carbocycles. The minimum atomic E-state index is 0. The number of halogens is 1. The van der Waals surface area contributed by atoms with E-state index in [2.05, 4.69) is 58.4 Å². The summed E-state index contributed by atoms with van der Waals surface area (Å²) in [6.07, 6.45) is 4.25. The van der Waals surface area contributed by atoms with Crippen LogP contribution in [0.4, 0.5) is 0 Å². The van der Waals surface area contributed by atoms with E-state index in [9.17, 15) is 0 Å². The molecule has 1 atom stereocenters. The van der Waals surface area contributed by atoms with Crippen molar-refractivity contribution in [3.63, 3.8) is 0 Å². The summed E-state index contributed by atoms with van der Waals surface area (Å²) >= 11 is 0. The molecule has 1 unspecified atom stereocenters. The summed E-state index contributed by atoms with van der Waals surface area (Å²) in [5.74, 6) is 2.12. The molecular formula is C22H34IN5O. The summed E-state index contributed by atoms with van der Waals surface area (Å²) in [6, 6.07) is 8.81. The Morgan fingerprint density at radius 2 is 2.03 bits per heavy atom. The number of aromatic nitrogens is 1. The molecule has 2 N–H and O–H groups in total. The number of likely N-dealkylation sites (tertiary alicyclic amines) is 1. The van der Waals surface area contributed by atoms with Crippen LogP contribution < -0.4 is 10.6 Å². The van der Waals surface area contributed by atoms with Gasteiger partial charge in [0.2, 0.25) is 5.89 Å². The van der Waals surface area contributed by atoms with Crippen LogP contribution in [0.2, 0.25) is 0 Å². The highest BCUT2D eigenvalue weighted by atomic mass is 127. The Hall–Kier alpha value is -1.61. The first-order valence-electron chi connectivity index (χ1n) is 10.2. The molecule has 0 spiro atoms. The lowest BCUT2D eigenvalue weighted by atomic mass is 9.97. The number of piperidine rings is 1. The van der Waals surface area contributed by atoms with Crippen LogP contribution >= 0.6 is 24.0 Å². The molecule has 1 aliphatic rings. The van der Waals surface area contributed by atoms with E-state index in [0.29, 0.717) is 24.4 Å². The minimum absolute atomic E-state index is 0. The quantitative estimate of drug-likeness (QED) is 0.348. The summed E-state index contributed by atoms with van der Waals surface area (Å²) < 4.78 is 5.63. The summed E-state index contributed by atoms with van der Waals surface area (Å²) in [7, 11) is 1.80. The third kappa shape index (κ3) is 6.99. The summed E-state index contributed by atoms with van der Waals surface area (Å²) in [5, 5.41) is 6.80. The molecule has 1 fully saturated rings. The Morgan fingerprint density at radius 3 is 2.72 bits per heavy atom. The fourth-order valence-corrected chi connectivity index (χ4v) is 3.59. The van der Waals surface area contributed by atoms with E-state index in [4.69, 9.17) is 4.42 Å². The Kier molecular flexibility index (Phi) is 9.42. The molecule has 1 aromatic carbocycles. The molecule has 2 heterocycles. The fraction of sp³-hybridized carbons (Fsp3) is 0.545. The van der Waals surface area contributed by atoms with Gasteiger partial charge < -0.3 is 20.0 Å². The van der Waals surface area contributed by atoms with E-state index in [0.717, 1.165) is 30.3 Å². The van der Waals surface area contributed by atoms with Crippen LogP contribution in [0.5, 0.6) is 0 Å². The van der Waals surface area contributed by atoms with Crippen LogP contribution in [-0.4, -0.2) is 48.6 Å². The number of oxazole rings is 1. The van der Waals surface area contributed by atoms with Gasteiger partial charge in [-0.3, -0.25) is 4.99 Å². The SMILES string of the molecule is CN=C(NCc1coc(-c2ccc(C)cc2)n1)NCC1CCCN(C(C)C)C1.I. The van der Waals surface area contributed by atoms with E-state index in [-0.39, 0.29) is 24.0 Å². The van der Waals surface area contributed by atoms with Crippen molar-refractivity contribution in [2.45, 2.75) is 46.2 Å². The summed E-state index contributed by atoms with van der Waals surface area (Å²) in [6.45, 7) is 10.5. The maximum absolute atomic E-state index is 5.63. The predicted molar refractivity (Wildman–Crippen MR) is 130 cm³/mol. The van der Waals surface area contributed by atoms with Crippen LogP contribution in [0.3, 0.4) is 0 Å². The van der Waals surface area contributed by atoms with Gasteiger partial charge in [0.25, 0.3) is 0 Å². The third-order valence-electron chi connectivity index (χ3n) is 5.35. The second-order valence-corrected chi connectivity index (χ2v) is 7.91. The molecule has 1 aromatic heterocycles. The standard InChI is InChI=1S/C22H33N5O.HI/c1-16(2)27-11-5-6-18(14-27)12-24-22(23-4)25-13-20-15-28-21(26-20)19-9-7-17(3)8-10-19;/h7-10,15-16,18H,5-6,11-14H2,1-4H3,(H2,23,24,25);1H. The van der Waals surface area contributed by atoms with Crippen molar-refractivity contribution in [2.24, 2.45) is 10.9 Å². The number of hydrogen-bond donors (Lipinski definition) is 2. The number of nitrogens with one attached hydrogen (secondary N) is 2. The molecule has 0 radical (unpaired) electrons. The maximum Gasteiger partial charge on any atom is 0.226 e. The van der Waals surface area contributed by atoms with Gasteiger partial charge in [0, 0.05) is 31.7 Å². The van der Waals surface area contributed by atoms with Crippen molar-refractivity contribution >= 4 is 29.9 Å². The zero-order valence-corrected chi connectivity index (χ0v) is 20.3. The van der Waals surface area contributed by atoms with Gasteiger partial charge in [-0.05, 0) is 58.2 Å². The molecule has 6 nitrogen and oxygen atoms in total. The molecule has 7 heteroatoms. The van der Waals surface area contributed by atoms with Gasteiger partial charge in [-0.25, -0.2) is 4.98 Å². The molecule has 0 bridgehead atoms. The van der Waals surface area contributed by atoms with Crippen LogP contribution in [0.1, 0.15) is 37.9 Å². The first-order chi connectivity index (χ1) is 13.5. The monoisotopic (exact) mass is 511 g/mol. The van der Waals surface area contributed by atoms with E-state index in [1.54, 1.807) is 13.3 Å². The first-order valence-corrected chi connectivity index (χ1v) is 10.2. The number of guanidine groups is 1. The summed E-state index contributed by atoms with van der Waals surface area (Å²) in [4.78, 5) is 11.5. The number of aliphatic imine (C=N–C) groups is 1. The van der Waals surface area contributed by atoms with E-state index < -0.39 is 0 Å². The van der Waals surface area contributed by atoms with Crippen LogP contribution in [-0.2, 0) is 6.54 Å². The van der Waals surface area contributed by atoms with E-state index in [1.165, 1.54) is 24.9 Å². The number of benzene rings is 1. The largest absolute Gasteiger partial charge is 0.444 e. The van der Waals surface area contributed by atoms with Crippen molar-refractivity contribution in [1.82, 2.24) is 20.5 Å². The van der Waals surface area contributed by atoms with E-state index >= 15 is 0 Å². The van der Waals surface area contributed by atoms with Gasteiger partial charge in [-0.1, -0.05) is 17.7 Å². The smallest absolute Gasteiger partial charge is 0.226 e. The van der Waals surface area contributed by atoms with Crippen molar-refractivity contribution in [3.05, 3.63) is 41.8 Å². The Labute approximate surface area is 191 Å². The number of nitrogens with zero attached hydrogens (tertiary/aromatic N) is 3. The number of rotatable bonds is 6. The minimum Gasteiger partial charge on any atom is -0.444 e. The van der Waals surface area contributed by atoms with Gasteiger partial charge in [-0.2, -0.15) is 0 Å².